The fourth-order valence-corrected chi connectivity index (χ4v) is 10.1. The van der Waals surface area contributed by atoms with Crippen molar-refractivity contribution in [2.75, 3.05) is 52.0 Å². The van der Waals surface area contributed by atoms with E-state index in [-0.39, 0.29) is 17.7 Å². The van der Waals surface area contributed by atoms with E-state index < -0.39 is 120 Å². The van der Waals surface area contributed by atoms with E-state index in [9.17, 15) is 37.9 Å². The first-order valence-corrected chi connectivity index (χ1v) is 27.1. The average Bonchev–Trinajstić information content (AvgIpc) is 1.81. The fraction of sp³-hybridized carbons (Fsp3) is 0.544. The predicted molar refractivity (Wildman–Crippen MR) is 293 cm³/mol. The number of hydrazine groups is 1. The quantitative estimate of drug-likeness (QED) is 0.0381. The summed E-state index contributed by atoms with van der Waals surface area (Å²) in [7, 11) is 2.25. The number of methoxy groups -OCH3 is 2. The van der Waals surface area contributed by atoms with Crippen molar-refractivity contribution >= 4 is 35.9 Å². The summed E-state index contributed by atoms with van der Waals surface area (Å²) < 4.78 is 74.6. The normalized spacial score (nSPS) is 18.2. The maximum absolute atomic E-state index is 16.2. The lowest BCUT2D eigenvalue weighted by molar-refractivity contribution is -0.142. The molecule has 4 saturated heterocycles. The van der Waals surface area contributed by atoms with Crippen molar-refractivity contribution in [1.82, 2.24) is 56.4 Å². The standard InChI is InChI=1S/C57H74F4N12O9/c1-32(2)47(65-54(78)80-9)50(75)66-48(56(3,4)5)51(76)64-44(19-34-14-11-33(12-15-34)13-16-35-23-62-53(63-24-35)70-25-37-22-38(26-70)73(37)39-30-82-31-39)45(74)28-72(69-52(77)49(57(6,7)8)67-55(79)81-10)27-40-41(58)20-36(21-42(40)59)43-17-18-71(68-43)29-46(60)61/h11-12,14-15,17-18,20-21,23-24,32,37-39,44-49,74H,19,22,25-31H2,1-10H3,(H,64,76)(H,65,78)(H,66,75)(H,67,79)(H,69,77)/t37?,38?,44-,45-,47-,48?,49+/m0/s1. The van der Waals surface area contributed by atoms with E-state index in [0.29, 0.717) is 40.8 Å². The van der Waals surface area contributed by atoms with Gasteiger partial charge < -0.3 is 45.5 Å². The lowest BCUT2D eigenvalue weighted by atomic mass is 9.85. The number of benzene rings is 2. The van der Waals surface area contributed by atoms with E-state index in [1.54, 1.807) is 92.0 Å². The number of aliphatic hydroxyl groups is 1. The number of carbonyl (C=O) groups is 5. The Labute approximate surface area is 474 Å². The maximum atomic E-state index is 16.2. The van der Waals surface area contributed by atoms with Crippen LogP contribution in [0.3, 0.4) is 0 Å². The molecule has 4 aliphatic heterocycles. The van der Waals surface area contributed by atoms with Gasteiger partial charge in [0.05, 0.1) is 56.9 Å². The molecule has 4 fully saturated rings. The van der Waals surface area contributed by atoms with Crippen LogP contribution in [0, 0.1) is 40.2 Å². The van der Waals surface area contributed by atoms with Gasteiger partial charge in [0.1, 0.15) is 36.3 Å². The zero-order chi connectivity index (χ0) is 59.8. The summed E-state index contributed by atoms with van der Waals surface area (Å²) in [6.07, 6.45) is -0.557. The molecule has 6 heterocycles. The molecule has 8 rings (SSSR count). The van der Waals surface area contributed by atoms with Gasteiger partial charge in [0.15, 0.2) is 0 Å². The number of carbonyl (C=O) groups excluding carboxylic acids is 5. The van der Waals surface area contributed by atoms with Crippen LogP contribution in [-0.4, -0.2) is 167 Å². The maximum Gasteiger partial charge on any atom is 0.407 e. The van der Waals surface area contributed by atoms with Crippen molar-refractivity contribution in [2.24, 2.45) is 16.7 Å². The number of piperazine rings is 1. The number of halogens is 4. The zero-order valence-corrected chi connectivity index (χ0v) is 47.8. The molecule has 21 nitrogen and oxygen atoms in total. The highest BCUT2D eigenvalue weighted by Gasteiger charge is 2.50. The molecule has 2 aromatic carbocycles. The van der Waals surface area contributed by atoms with E-state index in [2.05, 4.69) is 63.4 Å². The number of fused-ring (bicyclic) bond motifs is 2. The summed E-state index contributed by atoms with van der Waals surface area (Å²) in [5.41, 5.74) is 1.79. The Morgan fingerprint density at radius 2 is 1.38 bits per heavy atom. The molecule has 25 heteroatoms. The first-order chi connectivity index (χ1) is 38.7. The second kappa shape index (κ2) is 26.7. The second-order valence-corrected chi connectivity index (χ2v) is 23.4. The van der Waals surface area contributed by atoms with Crippen LogP contribution in [0.15, 0.2) is 61.1 Å². The number of nitrogens with zero attached hydrogens (tertiary/aromatic N) is 7. The van der Waals surface area contributed by atoms with Gasteiger partial charge in [-0.3, -0.25) is 29.4 Å². The minimum atomic E-state index is -2.74. The number of aromatic nitrogens is 4. The Morgan fingerprint density at radius 3 is 1.93 bits per heavy atom. The lowest BCUT2D eigenvalue weighted by Gasteiger charge is -2.60. The van der Waals surface area contributed by atoms with Crippen LogP contribution in [0.2, 0.25) is 0 Å². The zero-order valence-electron chi connectivity index (χ0n) is 47.8. The van der Waals surface area contributed by atoms with E-state index in [1.807, 2.05) is 0 Å². The van der Waals surface area contributed by atoms with Crippen LogP contribution in [0.5, 0.6) is 0 Å². The van der Waals surface area contributed by atoms with Crippen molar-refractivity contribution < 1.29 is 60.9 Å². The van der Waals surface area contributed by atoms with Crippen LogP contribution in [0.25, 0.3) is 11.3 Å². The molecular weight excluding hydrogens is 1070 g/mol. The predicted octanol–water partition coefficient (Wildman–Crippen LogP) is 4.55. The summed E-state index contributed by atoms with van der Waals surface area (Å²) >= 11 is 0. The highest BCUT2D eigenvalue weighted by atomic mass is 19.3. The molecule has 6 N–H and O–H groups in total. The number of alkyl carbamates (subject to hydrolysis) is 2. The number of amides is 5. The summed E-state index contributed by atoms with van der Waals surface area (Å²) in [4.78, 5) is 81.5. The monoisotopic (exact) mass is 1150 g/mol. The minimum Gasteiger partial charge on any atom is -0.453 e. The Hall–Kier alpha value is -7.40. The Kier molecular flexibility index (Phi) is 20.2. The SMILES string of the molecule is COC(=O)N[C@H](C(=O)NC(C(=O)N[C@@H](Cc1ccc(C#Cc2cnc(N3CC4CC(C3)N4C3COC3)nc2)cc1)[C@@H](O)CN(Cc1c(F)cc(-c2ccn(CC(F)F)n2)cc1F)NC(=O)[C@@H](NC(=O)OC)C(C)(C)C)C(C)(C)C)C(C)C. The Bertz CT molecular complexity index is 2920. The highest BCUT2D eigenvalue weighted by molar-refractivity contribution is 5.92. The number of aliphatic hydroxyl groups excluding tert-OH is 1. The number of ether oxygens (including phenoxy) is 3. The molecule has 0 radical (unpaired) electrons. The lowest BCUT2D eigenvalue weighted by Crippen LogP contribution is -2.74. The van der Waals surface area contributed by atoms with Crippen molar-refractivity contribution in [3.05, 3.63) is 94.9 Å². The van der Waals surface area contributed by atoms with Gasteiger partial charge in [-0.15, -0.1) is 0 Å². The van der Waals surface area contributed by atoms with E-state index in [0.717, 1.165) is 68.8 Å². The van der Waals surface area contributed by atoms with Gasteiger partial charge in [-0.1, -0.05) is 79.4 Å². The highest BCUT2D eigenvalue weighted by Crippen LogP contribution is 2.37. The van der Waals surface area contributed by atoms with Crippen molar-refractivity contribution in [3.63, 3.8) is 0 Å². The molecule has 5 amide bonds. The summed E-state index contributed by atoms with van der Waals surface area (Å²) in [6.45, 7) is 14.6. The number of alkyl halides is 2. The van der Waals surface area contributed by atoms with E-state index in [1.165, 1.54) is 12.3 Å². The smallest absolute Gasteiger partial charge is 0.407 e. The van der Waals surface area contributed by atoms with Crippen LogP contribution in [-0.2, 0) is 48.1 Å². The molecule has 2 aromatic heterocycles. The van der Waals surface area contributed by atoms with Crippen LogP contribution >= 0.6 is 0 Å². The molecule has 0 aliphatic carbocycles. The molecule has 2 bridgehead atoms. The van der Waals surface area contributed by atoms with Gasteiger partial charge >= 0.3 is 12.2 Å². The Morgan fingerprint density at radius 1 is 0.793 bits per heavy atom. The molecule has 0 spiro atoms. The molecule has 0 saturated carbocycles. The molecule has 3 unspecified atom stereocenters. The number of piperidine rings is 1. The summed E-state index contributed by atoms with van der Waals surface area (Å²) in [5.74, 6) is 1.88. The van der Waals surface area contributed by atoms with Crippen molar-refractivity contribution in [2.45, 2.75) is 136 Å². The van der Waals surface area contributed by atoms with Crippen LogP contribution in [0.4, 0.5) is 33.1 Å². The number of nitrogens with one attached hydrogen (secondary N) is 5. The largest absolute Gasteiger partial charge is 0.453 e. The van der Waals surface area contributed by atoms with Gasteiger partial charge in [-0.05, 0) is 65.5 Å². The van der Waals surface area contributed by atoms with Crippen molar-refractivity contribution in [3.8, 4) is 23.1 Å². The molecule has 7 atom stereocenters. The molecule has 4 aromatic rings. The topological polar surface area (TPSA) is 247 Å². The summed E-state index contributed by atoms with van der Waals surface area (Å²) in [6, 6.07) is 6.60. The first kappa shape index (κ1) is 62.2. The minimum absolute atomic E-state index is 0.00589. The molecule has 4 aliphatic rings. The van der Waals surface area contributed by atoms with Crippen LogP contribution < -0.4 is 31.6 Å². The van der Waals surface area contributed by atoms with Gasteiger partial charge in [-0.25, -0.2) is 42.1 Å². The third-order valence-electron chi connectivity index (χ3n) is 14.6. The third kappa shape index (κ3) is 16.0. The van der Waals surface area contributed by atoms with Crippen LogP contribution in [0.1, 0.15) is 84.1 Å². The number of anilines is 1. The van der Waals surface area contributed by atoms with Gasteiger partial charge in [-0.2, -0.15) is 5.10 Å². The number of rotatable bonds is 21. The van der Waals surface area contributed by atoms with E-state index in [4.69, 9.17) is 14.2 Å². The Balaban J connectivity index is 1.16. The third-order valence-corrected chi connectivity index (χ3v) is 14.6. The van der Waals surface area contributed by atoms with Gasteiger partial charge in [0.2, 0.25) is 17.8 Å². The molecular formula is C57H74F4N12O9. The molecule has 444 valence electrons. The van der Waals surface area contributed by atoms with Gasteiger partial charge in [0.25, 0.3) is 12.3 Å². The number of hydrogen-bond acceptors (Lipinski definition) is 15. The second-order valence-electron chi connectivity index (χ2n) is 23.4. The summed E-state index contributed by atoms with van der Waals surface area (Å²) in [5, 5.41) is 28.1. The van der Waals surface area contributed by atoms with Gasteiger partial charge in [0, 0.05) is 73.5 Å². The van der Waals surface area contributed by atoms with E-state index >= 15 is 8.78 Å². The fourth-order valence-electron chi connectivity index (χ4n) is 10.1. The first-order valence-electron chi connectivity index (χ1n) is 27.1. The molecule has 82 heavy (non-hydrogen) atoms. The average molecular weight is 1150 g/mol. The number of hydrogen-bond donors (Lipinski definition) is 6. The van der Waals surface area contributed by atoms with Crippen molar-refractivity contribution in [1.29, 1.82) is 0 Å².